The average molecular weight is 611 g/mol. The summed E-state index contributed by atoms with van der Waals surface area (Å²) in [5, 5.41) is 23.4. The van der Waals surface area contributed by atoms with Crippen molar-refractivity contribution in [3.05, 3.63) is 11.6 Å². The third-order valence-corrected chi connectivity index (χ3v) is 11.6. The quantitative estimate of drug-likeness (QED) is 0.177. The van der Waals surface area contributed by atoms with Gasteiger partial charge in [-0.3, -0.25) is 23.9 Å². The number of hydrogen-bond donors (Lipinski definition) is 6. The highest BCUT2D eigenvalue weighted by Gasteiger charge is 2.45. The molecule has 4 aliphatic rings. The van der Waals surface area contributed by atoms with Crippen LogP contribution in [0, 0.1) is 5.92 Å². The van der Waals surface area contributed by atoms with Gasteiger partial charge < -0.3 is 34.4 Å². The predicted molar refractivity (Wildman–Crippen MR) is 136 cm³/mol. The van der Waals surface area contributed by atoms with E-state index in [1.54, 1.807) is 0 Å². The van der Waals surface area contributed by atoms with Crippen LogP contribution in [-0.2, 0) is 18.6 Å². The molecule has 2 aromatic heterocycles. The Hall–Kier alpha value is -1.71. The molecule has 0 spiro atoms. The van der Waals surface area contributed by atoms with Crippen LogP contribution in [-0.4, -0.2) is 112 Å². The highest BCUT2D eigenvalue weighted by molar-refractivity contribution is 7.72. The second-order valence-corrected chi connectivity index (χ2v) is 15.0. The van der Waals surface area contributed by atoms with Gasteiger partial charge in [0.25, 0.3) is 0 Å². The number of hydrogen-bond acceptors (Lipinski definition) is 11. The molecule has 0 saturated carbocycles. The topological polar surface area (TPSA) is 230 Å². The van der Waals surface area contributed by atoms with Crippen LogP contribution in [0.1, 0.15) is 25.5 Å². The van der Waals surface area contributed by atoms with E-state index in [1.165, 1.54) is 10.9 Å². The standard InChI is InChI=1S/C20H29ClN6O10P2/c21-19-23-16(24-20(30)37-12-7-26-4-1-10(12)2-5-26)13-17(25-19)27(8-22-13)18-15(29)14(28)11(36-18)3-6-38(31,32)9-39(33,34)35/h8,10-12,14-15,18,28-29H,1-7,9H2,(H,31,32)(H2,33,34,35)(H,23,24,25,30)/t11-,12?,14?,15+,18-/m1/s1. The van der Waals surface area contributed by atoms with Crippen LogP contribution in [0.5, 0.6) is 0 Å². The summed E-state index contributed by atoms with van der Waals surface area (Å²) >= 11 is 6.10. The highest BCUT2D eigenvalue weighted by Crippen LogP contribution is 2.55. The van der Waals surface area contributed by atoms with Gasteiger partial charge in [0.15, 0.2) is 23.2 Å². The number of piperidine rings is 3. The first-order valence-corrected chi connectivity index (χ1v) is 16.5. The molecule has 6 heterocycles. The number of nitrogens with one attached hydrogen (secondary N) is 1. The van der Waals surface area contributed by atoms with Crippen molar-refractivity contribution in [2.75, 3.05) is 37.0 Å². The summed E-state index contributed by atoms with van der Waals surface area (Å²) in [5.74, 6) is -0.932. The normalized spacial score (nSPS) is 32.3. The van der Waals surface area contributed by atoms with Gasteiger partial charge in [-0.2, -0.15) is 9.97 Å². The van der Waals surface area contributed by atoms with Gasteiger partial charge in [-0.05, 0) is 49.9 Å². The number of aliphatic hydroxyl groups excluding tert-OH is 2. The third-order valence-electron chi connectivity index (χ3n) is 7.25. The monoisotopic (exact) mass is 610 g/mol. The Balaban J connectivity index is 1.29. The van der Waals surface area contributed by atoms with E-state index in [-0.39, 0.29) is 34.8 Å². The molecule has 216 valence electrons. The summed E-state index contributed by atoms with van der Waals surface area (Å²) in [6, 6.07) is 0. The lowest BCUT2D eigenvalue weighted by Crippen LogP contribution is -2.52. The van der Waals surface area contributed by atoms with Crippen molar-refractivity contribution in [1.82, 2.24) is 24.4 Å². The molecule has 19 heteroatoms. The Morgan fingerprint density at radius 3 is 2.54 bits per heavy atom. The van der Waals surface area contributed by atoms with Crippen molar-refractivity contribution in [3.8, 4) is 0 Å². The van der Waals surface area contributed by atoms with E-state index in [4.69, 9.17) is 30.9 Å². The number of carbonyl (C=O) groups excluding carboxylic acids is 1. The van der Waals surface area contributed by atoms with E-state index in [2.05, 4.69) is 25.2 Å². The molecule has 6 atom stereocenters. The Bertz CT molecular complexity index is 1330. The molecule has 2 aromatic rings. The number of imidazole rings is 1. The molecular weight excluding hydrogens is 582 g/mol. The van der Waals surface area contributed by atoms with Gasteiger partial charge >= 0.3 is 13.7 Å². The predicted octanol–water partition coefficient (Wildman–Crippen LogP) is 0.537. The first-order valence-electron chi connectivity index (χ1n) is 12.3. The maximum atomic E-state index is 12.7. The van der Waals surface area contributed by atoms with Crippen LogP contribution in [0.15, 0.2) is 6.33 Å². The van der Waals surface area contributed by atoms with Crippen molar-refractivity contribution in [2.45, 2.75) is 49.9 Å². The first kappa shape index (κ1) is 28.8. The van der Waals surface area contributed by atoms with Crippen LogP contribution in [0.2, 0.25) is 5.28 Å². The SMILES string of the molecule is O=C(Nc1nc(Cl)nc2c1ncn2[C@@H]1O[C@H](CCP(=O)(O)CP(=O)(O)O)C(O)[C@@H]1O)OC1CN2CCC1CC2. The van der Waals surface area contributed by atoms with Crippen molar-refractivity contribution in [1.29, 1.82) is 0 Å². The fraction of sp³-hybridized carbons (Fsp3) is 0.700. The minimum absolute atomic E-state index is 0.0294. The Kier molecular flexibility index (Phi) is 8.08. The third kappa shape index (κ3) is 6.46. The Morgan fingerprint density at radius 1 is 1.18 bits per heavy atom. The summed E-state index contributed by atoms with van der Waals surface area (Å²) in [5.41, 5.74) is 0.180. The number of carbonyl (C=O) groups is 1. The Labute approximate surface area is 226 Å². The minimum atomic E-state index is -4.73. The van der Waals surface area contributed by atoms with Crippen molar-refractivity contribution < 1.29 is 48.3 Å². The van der Waals surface area contributed by atoms with Gasteiger partial charge in [0.05, 0.1) is 12.4 Å². The zero-order chi connectivity index (χ0) is 28.1. The van der Waals surface area contributed by atoms with E-state index >= 15 is 0 Å². The second kappa shape index (κ2) is 10.9. The molecule has 0 radical (unpaired) electrons. The largest absolute Gasteiger partial charge is 0.444 e. The molecule has 4 fully saturated rings. The van der Waals surface area contributed by atoms with Crippen LogP contribution in [0.3, 0.4) is 0 Å². The molecule has 6 rings (SSSR count). The van der Waals surface area contributed by atoms with E-state index in [1.807, 2.05) is 0 Å². The van der Waals surface area contributed by atoms with Crippen molar-refractivity contribution >= 4 is 49.6 Å². The van der Waals surface area contributed by atoms with Gasteiger partial charge in [-0.15, -0.1) is 0 Å². The molecule has 1 amide bonds. The summed E-state index contributed by atoms with van der Waals surface area (Å²) in [6.07, 6.45) is -4.00. The van der Waals surface area contributed by atoms with Crippen molar-refractivity contribution in [3.63, 3.8) is 0 Å². The maximum Gasteiger partial charge on any atom is 0.413 e. The zero-order valence-electron chi connectivity index (χ0n) is 20.5. The maximum absolute atomic E-state index is 12.7. The van der Waals surface area contributed by atoms with Crippen LogP contribution < -0.4 is 5.32 Å². The molecule has 16 nitrogen and oxygen atoms in total. The number of aliphatic hydroxyl groups is 2. The number of rotatable bonds is 8. The zero-order valence-corrected chi connectivity index (χ0v) is 23.0. The fourth-order valence-electron chi connectivity index (χ4n) is 5.36. The summed E-state index contributed by atoms with van der Waals surface area (Å²) in [4.78, 5) is 55.2. The van der Waals surface area contributed by atoms with E-state index in [0.717, 1.165) is 25.9 Å². The van der Waals surface area contributed by atoms with Crippen LogP contribution >= 0.6 is 26.6 Å². The molecular formula is C20H29ClN6O10P2. The number of aromatic nitrogens is 4. The lowest BCUT2D eigenvalue weighted by Gasteiger charge is -2.43. The smallest absolute Gasteiger partial charge is 0.413 e. The van der Waals surface area contributed by atoms with E-state index in [9.17, 15) is 29.0 Å². The summed E-state index contributed by atoms with van der Waals surface area (Å²) in [6.45, 7) is 2.64. The lowest BCUT2D eigenvalue weighted by atomic mass is 9.86. The first-order chi connectivity index (χ1) is 18.3. The molecule has 6 N–H and O–H groups in total. The van der Waals surface area contributed by atoms with E-state index < -0.39 is 57.7 Å². The molecule has 4 aliphatic heterocycles. The second-order valence-electron chi connectivity index (χ2n) is 10.1. The van der Waals surface area contributed by atoms with Crippen molar-refractivity contribution in [2.24, 2.45) is 5.92 Å². The Morgan fingerprint density at radius 2 is 1.90 bits per heavy atom. The molecule has 0 aliphatic carbocycles. The van der Waals surface area contributed by atoms with Gasteiger partial charge in [0, 0.05) is 12.7 Å². The van der Waals surface area contributed by atoms with Crippen LogP contribution in [0.25, 0.3) is 11.2 Å². The lowest BCUT2D eigenvalue weighted by molar-refractivity contribution is -0.0354. The number of halogens is 1. The van der Waals surface area contributed by atoms with Gasteiger partial charge in [-0.1, -0.05) is 0 Å². The summed E-state index contributed by atoms with van der Waals surface area (Å²) in [7, 11) is -8.96. The molecule has 0 aromatic carbocycles. The molecule has 2 bridgehead atoms. The van der Waals surface area contributed by atoms with Gasteiger partial charge in [0.2, 0.25) is 12.7 Å². The average Bonchev–Trinajstić information content (AvgIpc) is 3.38. The molecule has 4 saturated heterocycles. The van der Waals surface area contributed by atoms with Gasteiger partial charge in [0.1, 0.15) is 24.2 Å². The van der Waals surface area contributed by atoms with E-state index in [0.29, 0.717) is 12.5 Å². The number of fused-ring (bicyclic) bond motifs is 4. The highest BCUT2D eigenvalue weighted by atomic mass is 35.5. The summed E-state index contributed by atoms with van der Waals surface area (Å²) < 4.78 is 35.9. The molecule has 3 unspecified atom stereocenters. The minimum Gasteiger partial charge on any atom is -0.444 e. The number of anilines is 1. The van der Waals surface area contributed by atoms with Crippen LogP contribution in [0.4, 0.5) is 10.6 Å². The fourth-order valence-corrected chi connectivity index (χ4v) is 9.05. The molecule has 39 heavy (non-hydrogen) atoms. The number of nitrogens with zero attached hydrogens (tertiary/aromatic N) is 5. The number of amides is 1. The van der Waals surface area contributed by atoms with Gasteiger partial charge in [-0.25, -0.2) is 9.78 Å². The number of ether oxygens (including phenoxy) is 2.